The molecule has 0 aliphatic carbocycles. The highest BCUT2D eigenvalue weighted by Crippen LogP contribution is 2.31. The Balaban J connectivity index is 2.55. The van der Waals surface area contributed by atoms with Gasteiger partial charge in [0, 0.05) is 6.54 Å². The smallest absolute Gasteiger partial charge is 0.408 e. The molecular formula is C29H40ClN3O5. The van der Waals surface area contributed by atoms with Gasteiger partial charge in [-0.15, -0.1) is 0 Å². The second kappa shape index (κ2) is 13.5. The number of ether oxygens (including phenoxy) is 1. The van der Waals surface area contributed by atoms with Crippen LogP contribution in [0.15, 0.2) is 42.5 Å². The number of anilines is 1. The number of phenolic OH excluding ortho intramolecular Hbond substituents is 1. The van der Waals surface area contributed by atoms with Crippen molar-refractivity contribution in [1.82, 2.24) is 10.2 Å². The van der Waals surface area contributed by atoms with Crippen LogP contribution in [0.5, 0.6) is 5.75 Å². The molecule has 0 bridgehead atoms. The van der Waals surface area contributed by atoms with Gasteiger partial charge in [0.05, 0.1) is 10.7 Å². The minimum atomic E-state index is -1.10. The Hall–Kier alpha value is -3.26. The zero-order valence-electron chi connectivity index (χ0n) is 23.3. The summed E-state index contributed by atoms with van der Waals surface area (Å²) in [5, 5.41) is 16.2. The van der Waals surface area contributed by atoms with E-state index in [9.17, 15) is 19.5 Å². The molecule has 3 N–H and O–H groups in total. The molecule has 2 atom stereocenters. The third-order valence-electron chi connectivity index (χ3n) is 5.86. The van der Waals surface area contributed by atoms with Crippen molar-refractivity contribution < 1.29 is 24.2 Å². The summed E-state index contributed by atoms with van der Waals surface area (Å²) >= 11 is 6.38. The van der Waals surface area contributed by atoms with Crippen molar-refractivity contribution in [2.75, 3.05) is 11.9 Å². The van der Waals surface area contributed by atoms with Gasteiger partial charge < -0.3 is 25.4 Å². The number of rotatable bonds is 10. The predicted molar refractivity (Wildman–Crippen MR) is 150 cm³/mol. The Morgan fingerprint density at radius 1 is 1.11 bits per heavy atom. The third-order valence-corrected chi connectivity index (χ3v) is 6.17. The van der Waals surface area contributed by atoms with Gasteiger partial charge in [-0.3, -0.25) is 9.59 Å². The van der Waals surface area contributed by atoms with Gasteiger partial charge in [0.15, 0.2) is 0 Å². The molecule has 0 fully saturated rings. The molecule has 2 aromatic rings. The topological polar surface area (TPSA) is 108 Å². The van der Waals surface area contributed by atoms with Gasteiger partial charge in [-0.25, -0.2) is 4.79 Å². The number of halogens is 1. The fourth-order valence-corrected chi connectivity index (χ4v) is 4.24. The molecule has 2 aromatic carbocycles. The lowest BCUT2D eigenvalue weighted by Gasteiger charge is -2.35. The average Bonchev–Trinajstić information content (AvgIpc) is 2.80. The van der Waals surface area contributed by atoms with E-state index in [-0.39, 0.29) is 18.2 Å². The van der Waals surface area contributed by atoms with Crippen LogP contribution in [0, 0.1) is 12.8 Å². The molecule has 2 unspecified atom stereocenters. The summed E-state index contributed by atoms with van der Waals surface area (Å²) in [6, 6.07) is 9.49. The second-order valence-electron chi connectivity index (χ2n) is 10.7. The van der Waals surface area contributed by atoms with Crippen LogP contribution in [0.1, 0.15) is 71.6 Å². The van der Waals surface area contributed by atoms with Crippen LogP contribution in [0.25, 0.3) is 0 Å². The van der Waals surface area contributed by atoms with Crippen LogP contribution in [0.2, 0.25) is 5.02 Å². The number of phenols is 1. The zero-order chi connectivity index (χ0) is 28.6. The number of hydrogen-bond acceptors (Lipinski definition) is 5. The number of benzene rings is 2. The molecule has 0 saturated carbocycles. The monoisotopic (exact) mass is 545 g/mol. The summed E-state index contributed by atoms with van der Waals surface area (Å²) < 4.78 is 5.40. The highest BCUT2D eigenvalue weighted by Gasteiger charge is 2.37. The number of nitrogens with zero attached hydrogens (tertiary/aromatic N) is 1. The van der Waals surface area contributed by atoms with Gasteiger partial charge >= 0.3 is 6.09 Å². The number of hydrogen-bond donors (Lipinski definition) is 3. The standard InChI is InChI=1S/C29H40ClN3O5/c1-8-9-16-33(27(36)23(18(2)3)32-28(37)38-29(5,6)7)25(20-13-11-14-21(34)17-20)26(35)31-24-19(4)12-10-15-22(24)30/h10-15,17-18,23,25,34H,8-9,16H2,1-7H3,(H,31,35)(H,32,37). The second-order valence-corrected chi connectivity index (χ2v) is 11.1. The molecular weight excluding hydrogens is 506 g/mol. The molecule has 0 heterocycles. The van der Waals surface area contributed by atoms with E-state index in [4.69, 9.17) is 16.3 Å². The largest absolute Gasteiger partial charge is 0.508 e. The van der Waals surface area contributed by atoms with Crippen molar-refractivity contribution in [3.05, 3.63) is 58.6 Å². The third kappa shape index (κ3) is 8.65. The molecule has 9 heteroatoms. The van der Waals surface area contributed by atoms with Gasteiger partial charge in [0.1, 0.15) is 23.4 Å². The van der Waals surface area contributed by atoms with Crippen molar-refractivity contribution in [3.8, 4) is 5.75 Å². The fraction of sp³-hybridized carbons (Fsp3) is 0.483. The van der Waals surface area contributed by atoms with Gasteiger partial charge in [-0.2, -0.15) is 0 Å². The summed E-state index contributed by atoms with van der Waals surface area (Å²) in [7, 11) is 0. The Labute approximate surface area is 230 Å². The highest BCUT2D eigenvalue weighted by atomic mass is 35.5. The fourth-order valence-electron chi connectivity index (χ4n) is 3.97. The molecule has 0 spiro atoms. The first-order chi connectivity index (χ1) is 17.7. The van der Waals surface area contributed by atoms with Gasteiger partial charge in [0.2, 0.25) is 5.91 Å². The number of aromatic hydroxyl groups is 1. The minimum Gasteiger partial charge on any atom is -0.508 e. The number of amides is 3. The SMILES string of the molecule is CCCCN(C(=O)C(NC(=O)OC(C)(C)C)C(C)C)C(C(=O)Nc1c(C)cccc1Cl)c1cccc(O)c1. The quantitative estimate of drug-likeness (QED) is 0.329. The van der Waals surface area contributed by atoms with Crippen LogP contribution in [-0.4, -0.2) is 46.1 Å². The Kier molecular flexibility index (Phi) is 11.0. The van der Waals surface area contributed by atoms with Gasteiger partial charge in [-0.05, 0) is 69.4 Å². The molecule has 8 nitrogen and oxygen atoms in total. The number of unbranched alkanes of at least 4 members (excludes halogenated alkanes) is 1. The lowest BCUT2D eigenvalue weighted by molar-refractivity contribution is -0.141. The van der Waals surface area contributed by atoms with Crippen LogP contribution in [0.4, 0.5) is 10.5 Å². The number of aryl methyl sites for hydroxylation is 1. The van der Waals surface area contributed by atoms with E-state index in [2.05, 4.69) is 10.6 Å². The van der Waals surface area contributed by atoms with E-state index in [0.29, 0.717) is 22.7 Å². The maximum atomic E-state index is 14.1. The van der Waals surface area contributed by atoms with Crippen molar-refractivity contribution in [2.24, 2.45) is 5.92 Å². The molecule has 0 aliphatic heterocycles. The number of carbonyl (C=O) groups excluding carboxylic acids is 3. The molecule has 0 aromatic heterocycles. The number of nitrogens with one attached hydrogen (secondary N) is 2. The first-order valence-electron chi connectivity index (χ1n) is 12.9. The van der Waals surface area contributed by atoms with Crippen LogP contribution in [0.3, 0.4) is 0 Å². The van der Waals surface area contributed by atoms with E-state index in [1.54, 1.807) is 45.0 Å². The maximum Gasteiger partial charge on any atom is 0.408 e. The number of alkyl carbamates (subject to hydrolysis) is 1. The average molecular weight is 546 g/mol. The van der Waals surface area contributed by atoms with Crippen molar-refractivity contribution >= 4 is 35.2 Å². The van der Waals surface area contributed by atoms with Crippen LogP contribution < -0.4 is 10.6 Å². The van der Waals surface area contributed by atoms with E-state index >= 15 is 0 Å². The van der Waals surface area contributed by atoms with Crippen molar-refractivity contribution in [1.29, 1.82) is 0 Å². The Bertz CT molecular complexity index is 1110. The zero-order valence-corrected chi connectivity index (χ0v) is 24.1. The van der Waals surface area contributed by atoms with E-state index in [0.717, 1.165) is 12.0 Å². The number of carbonyl (C=O) groups is 3. The molecule has 0 radical (unpaired) electrons. The summed E-state index contributed by atoms with van der Waals surface area (Å²) in [5.74, 6) is -1.25. The summed E-state index contributed by atoms with van der Waals surface area (Å²) in [5.41, 5.74) is 0.891. The first kappa shape index (κ1) is 31.0. The lowest BCUT2D eigenvalue weighted by Crippen LogP contribution is -2.54. The predicted octanol–water partition coefficient (Wildman–Crippen LogP) is 6.21. The summed E-state index contributed by atoms with van der Waals surface area (Å²) in [4.78, 5) is 42.0. The normalized spacial score (nSPS) is 13.0. The lowest BCUT2D eigenvalue weighted by atomic mass is 9.98. The summed E-state index contributed by atoms with van der Waals surface area (Å²) in [6.07, 6.45) is 0.676. The van der Waals surface area contributed by atoms with Crippen LogP contribution >= 0.6 is 11.6 Å². The van der Waals surface area contributed by atoms with Crippen LogP contribution in [-0.2, 0) is 14.3 Å². The van der Waals surface area contributed by atoms with Crippen molar-refractivity contribution in [3.63, 3.8) is 0 Å². The molecule has 38 heavy (non-hydrogen) atoms. The van der Waals surface area contributed by atoms with E-state index in [1.807, 2.05) is 33.8 Å². The highest BCUT2D eigenvalue weighted by molar-refractivity contribution is 6.34. The number of para-hydroxylation sites is 1. The van der Waals surface area contributed by atoms with Gasteiger partial charge in [-0.1, -0.05) is 63.1 Å². The Morgan fingerprint density at radius 3 is 2.32 bits per heavy atom. The molecule has 3 amide bonds. The van der Waals surface area contributed by atoms with Gasteiger partial charge in [0.25, 0.3) is 5.91 Å². The molecule has 208 valence electrons. The summed E-state index contributed by atoms with van der Waals surface area (Å²) in [6.45, 7) is 12.9. The maximum absolute atomic E-state index is 14.1. The van der Waals surface area contributed by atoms with E-state index in [1.165, 1.54) is 17.0 Å². The molecule has 2 rings (SSSR count). The Morgan fingerprint density at radius 2 is 1.76 bits per heavy atom. The minimum absolute atomic E-state index is 0.0376. The first-order valence-corrected chi connectivity index (χ1v) is 13.3. The molecule has 0 aliphatic rings. The van der Waals surface area contributed by atoms with Crippen molar-refractivity contribution in [2.45, 2.75) is 79.0 Å². The molecule has 0 saturated heterocycles. The van der Waals surface area contributed by atoms with E-state index < -0.39 is 35.6 Å².